The molecule has 0 aliphatic heterocycles. The van der Waals surface area contributed by atoms with Gasteiger partial charge in [0, 0.05) is 25.0 Å². The number of benzene rings is 1. The molecule has 4 heteroatoms. The second-order valence-corrected chi connectivity index (χ2v) is 4.68. The summed E-state index contributed by atoms with van der Waals surface area (Å²) in [7, 11) is 1.81. The molecule has 0 radical (unpaired) electrons. The predicted molar refractivity (Wildman–Crippen MR) is 74.2 cm³/mol. The van der Waals surface area contributed by atoms with Gasteiger partial charge < -0.3 is 9.64 Å². The summed E-state index contributed by atoms with van der Waals surface area (Å²) >= 11 is 5.93. The molecule has 0 bridgehead atoms. The van der Waals surface area contributed by atoms with Crippen LogP contribution < -0.4 is 4.74 Å². The molecule has 1 aromatic carbocycles. The van der Waals surface area contributed by atoms with Crippen molar-refractivity contribution in [2.24, 2.45) is 0 Å². The van der Waals surface area contributed by atoms with Gasteiger partial charge in [0.05, 0.1) is 6.61 Å². The van der Waals surface area contributed by atoms with E-state index < -0.39 is 0 Å². The molecule has 18 heavy (non-hydrogen) atoms. The molecule has 1 rings (SSSR count). The number of carbonyl (C=O) groups is 1. The summed E-state index contributed by atoms with van der Waals surface area (Å²) in [6.07, 6.45) is 1.25. The number of amides is 1. The summed E-state index contributed by atoms with van der Waals surface area (Å²) in [5, 5.41) is 0.738. The van der Waals surface area contributed by atoms with Crippen LogP contribution in [0.5, 0.6) is 5.75 Å². The van der Waals surface area contributed by atoms with Crippen molar-refractivity contribution in [1.29, 1.82) is 0 Å². The van der Waals surface area contributed by atoms with Gasteiger partial charge in [0.2, 0.25) is 5.91 Å². The Balaban J connectivity index is 2.29. The van der Waals surface area contributed by atoms with Crippen LogP contribution in [0.15, 0.2) is 18.2 Å². The molecule has 0 fully saturated rings. The van der Waals surface area contributed by atoms with Crippen molar-refractivity contribution < 1.29 is 9.53 Å². The smallest absolute Gasteiger partial charge is 0.222 e. The first-order valence-electron chi connectivity index (χ1n) is 6.17. The third-order valence-electron chi connectivity index (χ3n) is 2.83. The molecule has 0 aliphatic carbocycles. The van der Waals surface area contributed by atoms with E-state index in [1.807, 2.05) is 39.1 Å². The van der Waals surface area contributed by atoms with Crippen molar-refractivity contribution in [1.82, 2.24) is 4.90 Å². The zero-order valence-corrected chi connectivity index (χ0v) is 12.0. The molecule has 0 aromatic heterocycles. The molecule has 3 nitrogen and oxygen atoms in total. The molecule has 100 valence electrons. The maximum atomic E-state index is 11.5. The summed E-state index contributed by atoms with van der Waals surface area (Å²) in [4.78, 5) is 13.3. The summed E-state index contributed by atoms with van der Waals surface area (Å²) in [5.74, 6) is 0.960. The number of hydrogen-bond donors (Lipinski definition) is 0. The van der Waals surface area contributed by atoms with E-state index >= 15 is 0 Å². The lowest BCUT2D eigenvalue weighted by Crippen LogP contribution is -2.26. The highest BCUT2D eigenvalue weighted by Crippen LogP contribution is 2.21. The van der Waals surface area contributed by atoms with Crippen molar-refractivity contribution >= 4 is 17.5 Å². The maximum absolute atomic E-state index is 11.5. The minimum Gasteiger partial charge on any atom is -0.494 e. The average molecular weight is 270 g/mol. The van der Waals surface area contributed by atoms with Gasteiger partial charge in [0.1, 0.15) is 5.75 Å². The highest BCUT2D eigenvalue weighted by molar-refractivity contribution is 6.31. The first-order valence-corrected chi connectivity index (χ1v) is 6.55. The van der Waals surface area contributed by atoms with Gasteiger partial charge in [-0.25, -0.2) is 0 Å². The number of halogens is 1. The van der Waals surface area contributed by atoms with Crippen molar-refractivity contribution in [3.05, 3.63) is 28.8 Å². The van der Waals surface area contributed by atoms with Gasteiger partial charge in [-0.2, -0.15) is 0 Å². The molecule has 0 heterocycles. The third kappa shape index (κ3) is 4.57. The minimum absolute atomic E-state index is 0.161. The standard InChI is InChI=1S/C14H20ClNO2/c1-4-16(3)14(17)6-5-9-18-12-7-8-13(15)11(2)10-12/h7-8,10H,4-6,9H2,1-3H3. The second-order valence-electron chi connectivity index (χ2n) is 4.27. The van der Waals surface area contributed by atoms with Gasteiger partial charge in [0.25, 0.3) is 0 Å². The summed E-state index contributed by atoms with van der Waals surface area (Å²) in [6, 6.07) is 5.57. The maximum Gasteiger partial charge on any atom is 0.222 e. The minimum atomic E-state index is 0.161. The largest absolute Gasteiger partial charge is 0.494 e. The van der Waals surface area contributed by atoms with Gasteiger partial charge >= 0.3 is 0 Å². The van der Waals surface area contributed by atoms with E-state index in [2.05, 4.69) is 0 Å². The fourth-order valence-corrected chi connectivity index (χ4v) is 1.61. The fourth-order valence-electron chi connectivity index (χ4n) is 1.49. The molecule has 0 atom stereocenters. The average Bonchev–Trinajstić information content (AvgIpc) is 2.37. The van der Waals surface area contributed by atoms with Gasteiger partial charge in [0.15, 0.2) is 0 Å². The Morgan fingerprint density at radius 2 is 2.17 bits per heavy atom. The molecular weight excluding hydrogens is 250 g/mol. The summed E-state index contributed by atoms with van der Waals surface area (Å²) < 4.78 is 5.58. The van der Waals surface area contributed by atoms with Gasteiger partial charge in [-0.15, -0.1) is 0 Å². The van der Waals surface area contributed by atoms with Crippen LogP contribution in [0.2, 0.25) is 5.02 Å². The molecule has 0 saturated heterocycles. The highest BCUT2D eigenvalue weighted by atomic mass is 35.5. The Hall–Kier alpha value is -1.22. The van der Waals surface area contributed by atoms with E-state index in [1.54, 1.807) is 4.90 Å². The van der Waals surface area contributed by atoms with Crippen molar-refractivity contribution in [2.75, 3.05) is 20.2 Å². The first kappa shape index (κ1) is 14.8. The molecular formula is C14H20ClNO2. The van der Waals surface area contributed by atoms with E-state index in [0.717, 1.165) is 29.3 Å². The zero-order valence-electron chi connectivity index (χ0n) is 11.2. The summed E-state index contributed by atoms with van der Waals surface area (Å²) in [6.45, 7) is 5.19. The van der Waals surface area contributed by atoms with Crippen LogP contribution in [-0.4, -0.2) is 31.0 Å². The number of rotatable bonds is 6. The Morgan fingerprint density at radius 3 is 2.78 bits per heavy atom. The number of nitrogens with zero attached hydrogens (tertiary/aromatic N) is 1. The van der Waals surface area contributed by atoms with E-state index in [4.69, 9.17) is 16.3 Å². The van der Waals surface area contributed by atoms with Gasteiger partial charge in [-0.05, 0) is 44.0 Å². The van der Waals surface area contributed by atoms with E-state index in [9.17, 15) is 4.79 Å². The van der Waals surface area contributed by atoms with Crippen molar-refractivity contribution in [3.8, 4) is 5.75 Å². The number of ether oxygens (including phenoxy) is 1. The molecule has 0 N–H and O–H groups in total. The Bertz CT molecular complexity index is 407. The lowest BCUT2D eigenvalue weighted by molar-refractivity contribution is -0.129. The predicted octanol–water partition coefficient (Wildman–Crippen LogP) is 3.29. The van der Waals surface area contributed by atoms with Gasteiger partial charge in [-0.3, -0.25) is 4.79 Å². The van der Waals surface area contributed by atoms with Crippen LogP contribution in [0.1, 0.15) is 25.3 Å². The van der Waals surface area contributed by atoms with Crippen molar-refractivity contribution in [3.63, 3.8) is 0 Å². The number of hydrogen-bond acceptors (Lipinski definition) is 2. The third-order valence-corrected chi connectivity index (χ3v) is 3.26. The zero-order chi connectivity index (χ0) is 13.5. The van der Waals surface area contributed by atoms with E-state index in [0.29, 0.717) is 13.0 Å². The van der Waals surface area contributed by atoms with Crippen LogP contribution in [-0.2, 0) is 4.79 Å². The van der Waals surface area contributed by atoms with Crippen LogP contribution in [0, 0.1) is 6.92 Å². The van der Waals surface area contributed by atoms with Gasteiger partial charge in [-0.1, -0.05) is 11.6 Å². The monoisotopic (exact) mass is 269 g/mol. The molecule has 1 amide bonds. The summed E-state index contributed by atoms with van der Waals surface area (Å²) in [5.41, 5.74) is 0.996. The van der Waals surface area contributed by atoms with Crippen LogP contribution in [0.4, 0.5) is 0 Å². The van der Waals surface area contributed by atoms with Crippen molar-refractivity contribution in [2.45, 2.75) is 26.7 Å². The Labute approximate surface area is 114 Å². The number of carbonyl (C=O) groups excluding carboxylic acids is 1. The van der Waals surface area contributed by atoms with E-state index in [-0.39, 0.29) is 5.91 Å². The second kappa shape index (κ2) is 7.27. The molecule has 0 spiro atoms. The first-order chi connectivity index (χ1) is 8.54. The lowest BCUT2D eigenvalue weighted by atomic mass is 10.2. The van der Waals surface area contributed by atoms with E-state index in [1.165, 1.54) is 0 Å². The fraction of sp³-hybridized carbons (Fsp3) is 0.500. The Morgan fingerprint density at radius 1 is 1.44 bits per heavy atom. The molecule has 0 saturated carbocycles. The molecule has 0 aliphatic rings. The Kier molecular flexibility index (Phi) is 5.99. The van der Waals surface area contributed by atoms with Crippen LogP contribution >= 0.6 is 11.6 Å². The highest BCUT2D eigenvalue weighted by Gasteiger charge is 2.06. The van der Waals surface area contributed by atoms with Crippen LogP contribution in [0.25, 0.3) is 0 Å². The van der Waals surface area contributed by atoms with Crippen LogP contribution in [0.3, 0.4) is 0 Å². The SMILES string of the molecule is CCN(C)C(=O)CCCOc1ccc(Cl)c(C)c1. The lowest BCUT2D eigenvalue weighted by Gasteiger charge is -2.14. The molecule has 1 aromatic rings. The molecule has 0 unspecified atom stereocenters. The normalized spacial score (nSPS) is 10.2. The number of aryl methyl sites for hydroxylation is 1. The topological polar surface area (TPSA) is 29.5 Å². The quantitative estimate of drug-likeness (QED) is 0.742.